The first-order valence-electron chi connectivity index (χ1n) is 6.39. The molecule has 0 aromatic heterocycles. The van der Waals surface area contributed by atoms with E-state index in [2.05, 4.69) is 27.2 Å². The largest absolute Gasteiger partial charge is 0.493 e. The average molecular weight is 346 g/mol. The molecule has 0 fully saturated rings. The van der Waals surface area contributed by atoms with Crippen molar-refractivity contribution in [2.75, 3.05) is 19.5 Å². The Morgan fingerprint density at radius 1 is 1.14 bits per heavy atom. The summed E-state index contributed by atoms with van der Waals surface area (Å²) in [5, 5.41) is 3.34. The number of ether oxygens (including phenoxy) is 2. The molecule has 0 heterocycles. The number of anilines is 1. The van der Waals surface area contributed by atoms with Gasteiger partial charge in [-0.3, -0.25) is 0 Å². The smallest absolute Gasteiger partial charge is 0.161 e. The molecule has 0 aliphatic heterocycles. The Kier molecular flexibility index (Phi) is 5.13. The Balaban J connectivity index is 2.18. The lowest BCUT2D eigenvalue weighted by molar-refractivity contribution is 0.354. The van der Waals surface area contributed by atoms with Crippen LogP contribution in [0.1, 0.15) is 11.1 Å². The number of methoxy groups -OCH3 is 2. The predicted molar refractivity (Wildman–Crippen MR) is 88.9 cm³/mol. The third-order valence-electron chi connectivity index (χ3n) is 3.06. The second-order valence-corrected chi connectivity index (χ2v) is 5.23. The van der Waals surface area contributed by atoms with Crippen LogP contribution in [0.3, 0.4) is 0 Å². The maximum absolute atomic E-state index is 5.40. The molecule has 2 rings (SSSR count). The van der Waals surface area contributed by atoms with Crippen LogP contribution in [0.4, 0.5) is 5.69 Å². The Bertz CT molecular complexity index is 677. The first-order valence-corrected chi connectivity index (χ1v) is 7.18. The highest BCUT2D eigenvalue weighted by Gasteiger charge is 2.09. The van der Waals surface area contributed by atoms with Gasteiger partial charge in [-0.05, 0) is 35.9 Å². The fourth-order valence-corrected chi connectivity index (χ4v) is 2.41. The van der Waals surface area contributed by atoms with Crippen molar-refractivity contribution < 1.29 is 9.47 Å². The molecule has 0 saturated heterocycles. The van der Waals surface area contributed by atoms with E-state index in [4.69, 9.17) is 15.9 Å². The fourth-order valence-electron chi connectivity index (χ4n) is 1.95. The minimum absolute atomic E-state index is 0.648. The molecule has 2 aromatic rings. The van der Waals surface area contributed by atoms with Crippen molar-refractivity contribution in [1.29, 1.82) is 0 Å². The van der Waals surface area contributed by atoms with Crippen LogP contribution in [0.2, 0.25) is 0 Å². The number of nitrogens with one attached hydrogen (secondary N) is 1. The van der Waals surface area contributed by atoms with E-state index < -0.39 is 0 Å². The molecule has 21 heavy (non-hydrogen) atoms. The molecule has 108 valence electrons. The second-order valence-electron chi connectivity index (χ2n) is 4.38. The lowest BCUT2D eigenvalue weighted by atomic mass is 10.1. The van der Waals surface area contributed by atoms with Gasteiger partial charge in [0.15, 0.2) is 11.5 Å². The summed E-state index contributed by atoms with van der Waals surface area (Å²) >= 11 is 3.55. The molecular weight excluding hydrogens is 330 g/mol. The van der Waals surface area contributed by atoms with Crippen molar-refractivity contribution in [3.63, 3.8) is 0 Å². The van der Waals surface area contributed by atoms with Gasteiger partial charge in [0.2, 0.25) is 0 Å². The first kappa shape index (κ1) is 15.3. The normalized spacial score (nSPS) is 9.81. The summed E-state index contributed by atoms with van der Waals surface area (Å²) in [5.74, 6) is 4.02. The summed E-state index contributed by atoms with van der Waals surface area (Å²) in [4.78, 5) is 0. The minimum Gasteiger partial charge on any atom is -0.493 e. The van der Waals surface area contributed by atoms with Gasteiger partial charge in [0.1, 0.15) is 0 Å². The van der Waals surface area contributed by atoms with Crippen molar-refractivity contribution in [2.45, 2.75) is 6.54 Å². The maximum Gasteiger partial charge on any atom is 0.161 e. The average Bonchev–Trinajstić information content (AvgIpc) is 2.53. The Morgan fingerprint density at radius 2 is 1.86 bits per heavy atom. The number of halogens is 1. The van der Waals surface area contributed by atoms with E-state index in [1.165, 1.54) is 0 Å². The molecule has 0 bridgehead atoms. The first-order chi connectivity index (χ1) is 10.2. The van der Waals surface area contributed by atoms with Crippen LogP contribution in [0.25, 0.3) is 0 Å². The van der Waals surface area contributed by atoms with Gasteiger partial charge in [0.05, 0.1) is 14.2 Å². The number of terminal acetylenes is 1. The Morgan fingerprint density at radius 3 is 2.52 bits per heavy atom. The van der Waals surface area contributed by atoms with Gasteiger partial charge >= 0.3 is 0 Å². The molecular formula is C17H16BrNO2. The van der Waals surface area contributed by atoms with Gasteiger partial charge in [0.25, 0.3) is 0 Å². The van der Waals surface area contributed by atoms with E-state index >= 15 is 0 Å². The third-order valence-corrected chi connectivity index (χ3v) is 3.80. The van der Waals surface area contributed by atoms with Crippen molar-refractivity contribution in [2.24, 2.45) is 0 Å². The van der Waals surface area contributed by atoms with Crippen LogP contribution in [-0.4, -0.2) is 14.2 Å². The van der Waals surface area contributed by atoms with Crippen LogP contribution in [0.15, 0.2) is 40.9 Å². The van der Waals surface area contributed by atoms with Gasteiger partial charge in [-0.2, -0.15) is 0 Å². The zero-order valence-electron chi connectivity index (χ0n) is 11.9. The number of benzene rings is 2. The summed E-state index contributed by atoms with van der Waals surface area (Å²) in [6.45, 7) is 0.648. The zero-order valence-corrected chi connectivity index (χ0v) is 13.5. The van der Waals surface area contributed by atoms with E-state index in [1.807, 2.05) is 36.4 Å². The molecule has 0 aliphatic carbocycles. The summed E-state index contributed by atoms with van der Waals surface area (Å²) in [5.41, 5.74) is 2.90. The molecule has 3 nitrogen and oxygen atoms in total. The molecule has 4 heteroatoms. The quantitative estimate of drug-likeness (QED) is 0.829. The predicted octanol–water partition coefficient (Wildman–Crippen LogP) is 4.06. The number of hydrogen-bond donors (Lipinski definition) is 1. The van der Waals surface area contributed by atoms with E-state index in [0.717, 1.165) is 21.3 Å². The van der Waals surface area contributed by atoms with Gasteiger partial charge in [-0.15, -0.1) is 6.42 Å². The molecule has 0 atom stereocenters. The van der Waals surface area contributed by atoms with Crippen molar-refractivity contribution in [3.05, 3.63) is 52.0 Å². The van der Waals surface area contributed by atoms with Gasteiger partial charge in [-0.1, -0.05) is 27.9 Å². The van der Waals surface area contributed by atoms with E-state index in [-0.39, 0.29) is 0 Å². The molecule has 0 saturated carbocycles. The van der Waals surface area contributed by atoms with Crippen molar-refractivity contribution >= 4 is 21.6 Å². The molecule has 0 radical (unpaired) electrons. The highest BCUT2D eigenvalue weighted by atomic mass is 79.9. The van der Waals surface area contributed by atoms with E-state index in [1.54, 1.807) is 14.2 Å². The molecule has 2 aromatic carbocycles. The standard InChI is InChI=1S/C17H16BrNO2/c1-4-12-6-5-7-14(8-12)19-11-13-9-16(20-2)17(21-3)10-15(13)18/h1,5-10,19H,11H2,2-3H3. The fraction of sp³-hybridized carbons (Fsp3) is 0.176. The van der Waals surface area contributed by atoms with Crippen LogP contribution >= 0.6 is 15.9 Å². The summed E-state index contributed by atoms with van der Waals surface area (Å²) in [7, 11) is 3.24. The van der Waals surface area contributed by atoms with E-state index in [0.29, 0.717) is 18.0 Å². The molecule has 0 aliphatic rings. The highest BCUT2D eigenvalue weighted by molar-refractivity contribution is 9.10. The molecule has 0 unspecified atom stereocenters. The lowest BCUT2D eigenvalue weighted by Crippen LogP contribution is -2.02. The molecule has 0 amide bonds. The summed E-state index contributed by atoms with van der Waals surface area (Å²) < 4.78 is 11.5. The molecule has 0 spiro atoms. The zero-order chi connectivity index (χ0) is 15.2. The van der Waals surface area contributed by atoms with Crippen molar-refractivity contribution in [3.8, 4) is 23.8 Å². The van der Waals surface area contributed by atoms with Gasteiger partial charge in [-0.25, -0.2) is 0 Å². The Hall–Kier alpha value is -2.12. The summed E-state index contributed by atoms with van der Waals surface area (Å²) in [6, 6.07) is 11.6. The summed E-state index contributed by atoms with van der Waals surface area (Å²) in [6.07, 6.45) is 5.40. The van der Waals surface area contributed by atoms with Gasteiger partial charge in [0, 0.05) is 22.3 Å². The van der Waals surface area contributed by atoms with Crippen molar-refractivity contribution in [1.82, 2.24) is 0 Å². The van der Waals surface area contributed by atoms with E-state index in [9.17, 15) is 0 Å². The van der Waals surface area contributed by atoms with Crippen LogP contribution in [0, 0.1) is 12.3 Å². The van der Waals surface area contributed by atoms with Crippen LogP contribution in [-0.2, 0) is 6.54 Å². The molecule has 1 N–H and O–H groups in total. The highest BCUT2D eigenvalue weighted by Crippen LogP contribution is 2.33. The van der Waals surface area contributed by atoms with Crippen LogP contribution in [0.5, 0.6) is 11.5 Å². The second kappa shape index (κ2) is 7.05. The SMILES string of the molecule is C#Cc1cccc(NCc2cc(OC)c(OC)cc2Br)c1. The Labute approximate surface area is 133 Å². The number of rotatable bonds is 5. The van der Waals surface area contributed by atoms with Crippen LogP contribution < -0.4 is 14.8 Å². The monoisotopic (exact) mass is 345 g/mol. The topological polar surface area (TPSA) is 30.5 Å². The lowest BCUT2D eigenvalue weighted by Gasteiger charge is -2.13. The number of hydrogen-bond acceptors (Lipinski definition) is 3. The third kappa shape index (κ3) is 3.71. The minimum atomic E-state index is 0.648. The maximum atomic E-state index is 5.40. The van der Waals surface area contributed by atoms with Gasteiger partial charge < -0.3 is 14.8 Å².